The Hall–Kier alpha value is -2.54. The van der Waals surface area contributed by atoms with Gasteiger partial charge in [-0.3, -0.25) is 4.79 Å². The van der Waals surface area contributed by atoms with Crippen LogP contribution in [0.15, 0.2) is 36.7 Å². The molecule has 2 aliphatic rings. The van der Waals surface area contributed by atoms with Gasteiger partial charge in [0.1, 0.15) is 12.1 Å². The minimum absolute atomic E-state index is 0.143. The van der Waals surface area contributed by atoms with Crippen molar-refractivity contribution in [3.05, 3.63) is 42.2 Å². The van der Waals surface area contributed by atoms with Crippen molar-refractivity contribution in [3.63, 3.8) is 0 Å². The summed E-state index contributed by atoms with van der Waals surface area (Å²) in [4.78, 5) is 17.2. The van der Waals surface area contributed by atoms with Crippen molar-refractivity contribution in [1.29, 1.82) is 0 Å². The maximum atomic E-state index is 11.6. The Labute approximate surface area is 163 Å². The highest BCUT2D eigenvalue weighted by Gasteiger charge is 2.38. The zero-order chi connectivity index (χ0) is 19.0. The second-order valence-electron chi connectivity index (χ2n) is 7.23. The van der Waals surface area contributed by atoms with Crippen LogP contribution in [0.2, 0.25) is 0 Å². The molecule has 1 saturated heterocycles. The molecule has 1 unspecified atom stereocenters. The number of alkyl halides is 1. The van der Waals surface area contributed by atoms with Crippen LogP contribution in [0.3, 0.4) is 0 Å². The minimum atomic E-state index is -1.04. The number of para-hydroxylation sites is 1. The monoisotopic (exact) mass is 386 g/mol. The highest BCUT2D eigenvalue weighted by Crippen LogP contribution is 2.41. The first-order chi connectivity index (χ1) is 13.0. The molecule has 7 nitrogen and oxygen atoms in total. The number of anilines is 2. The average molecular weight is 387 g/mol. The predicted molar refractivity (Wildman–Crippen MR) is 106 cm³/mol. The second-order valence-corrected chi connectivity index (χ2v) is 7.83. The highest BCUT2D eigenvalue weighted by molar-refractivity contribution is 6.27. The van der Waals surface area contributed by atoms with Crippen LogP contribution >= 0.6 is 11.6 Å². The Morgan fingerprint density at radius 1 is 1.33 bits per heavy atom. The van der Waals surface area contributed by atoms with Crippen molar-refractivity contribution in [3.8, 4) is 0 Å². The molecule has 0 bridgehead atoms. The Bertz CT molecular complexity index is 886. The summed E-state index contributed by atoms with van der Waals surface area (Å²) in [5, 5.41) is 10.5. The molecule has 0 saturated carbocycles. The standard InChI is InChI=1S/C19H23ClN6O/c1-13-7-9-25(10-8-13)17-11-19(20,24-18-21-12-22-26(17)18)15-5-3-4-6-16(15)23-14(2)27/h3-6,11-13H,7-10H2,1-2H3,(H,23,27)(H,21,22,24). The number of hydrogen-bond donors (Lipinski definition) is 2. The van der Waals surface area contributed by atoms with E-state index >= 15 is 0 Å². The molecule has 0 radical (unpaired) electrons. The number of piperidine rings is 1. The van der Waals surface area contributed by atoms with Gasteiger partial charge in [0.05, 0.1) is 0 Å². The van der Waals surface area contributed by atoms with E-state index in [-0.39, 0.29) is 5.91 Å². The lowest BCUT2D eigenvalue weighted by Crippen LogP contribution is -2.40. The summed E-state index contributed by atoms with van der Waals surface area (Å²) in [7, 11) is 0. The number of likely N-dealkylation sites (tertiary alicyclic amines) is 1. The molecule has 1 amide bonds. The van der Waals surface area contributed by atoms with Crippen molar-refractivity contribution in [1.82, 2.24) is 19.7 Å². The summed E-state index contributed by atoms with van der Waals surface area (Å²) in [6.07, 6.45) is 5.75. The van der Waals surface area contributed by atoms with Crippen LogP contribution < -0.4 is 10.6 Å². The van der Waals surface area contributed by atoms with E-state index in [9.17, 15) is 4.79 Å². The molecular formula is C19H23ClN6O. The molecular weight excluding hydrogens is 364 g/mol. The van der Waals surface area contributed by atoms with Gasteiger partial charge in [-0.15, -0.1) is 0 Å². The summed E-state index contributed by atoms with van der Waals surface area (Å²) in [5.74, 6) is 2.08. The van der Waals surface area contributed by atoms with Crippen LogP contribution in [0.5, 0.6) is 0 Å². The summed E-state index contributed by atoms with van der Waals surface area (Å²) >= 11 is 7.07. The number of nitrogens with one attached hydrogen (secondary N) is 2. The summed E-state index contributed by atoms with van der Waals surface area (Å²) in [5.41, 5.74) is 1.43. The molecule has 8 heteroatoms. The van der Waals surface area contributed by atoms with Crippen molar-refractivity contribution in [2.75, 3.05) is 23.7 Å². The second kappa shape index (κ2) is 6.88. The molecule has 4 rings (SSSR count). The number of fused-ring (bicyclic) bond motifs is 1. The number of halogens is 1. The molecule has 1 fully saturated rings. The third kappa shape index (κ3) is 3.39. The first-order valence-electron chi connectivity index (χ1n) is 9.18. The lowest BCUT2D eigenvalue weighted by atomic mass is 9.98. The van der Waals surface area contributed by atoms with Crippen molar-refractivity contribution in [2.45, 2.75) is 31.7 Å². The Morgan fingerprint density at radius 2 is 2.07 bits per heavy atom. The molecule has 0 spiro atoms. The van der Waals surface area contributed by atoms with Gasteiger partial charge in [0.25, 0.3) is 0 Å². The molecule has 0 aliphatic carbocycles. The fraction of sp³-hybridized carbons (Fsp3) is 0.421. The van der Waals surface area contributed by atoms with Crippen LogP contribution in [0, 0.1) is 5.92 Å². The van der Waals surface area contributed by atoms with Gasteiger partial charge >= 0.3 is 0 Å². The number of rotatable bonds is 3. The first-order valence-corrected chi connectivity index (χ1v) is 9.56. The number of benzene rings is 1. The van der Waals surface area contributed by atoms with Crippen molar-refractivity contribution < 1.29 is 4.79 Å². The molecule has 1 aromatic heterocycles. The molecule has 2 N–H and O–H groups in total. The number of aromatic nitrogens is 3. The predicted octanol–water partition coefficient (Wildman–Crippen LogP) is 3.28. The van der Waals surface area contributed by atoms with Gasteiger partial charge in [0.15, 0.2) is 5.00 Å². The summed E-state index contributed by atoms with van der Waals surface area (Å²) < 4.78 is 1.79. The van der Waals surface area contributed by atoms with Gasteiger partial charge in [0, 0.05) is 37.3 Å². The Balaban J connectivity index is 1.77. The molecule has 1 atom stereocenters. The zero-order valence-electron chi connectivity index (χ0n) is 15.4. The van der Waals surface area contributed by atoms with E-state index in [1.165, 1.54) is 13.3 Å². The van der Waals surface area contributed by atoms with Crippen molar-refractivity contribution in [2.24, 2.45) is 5.92 Å². The van der Waals surface area contributed by atoms with Crippen LogP contribution in [-0.4, -0.2) is 38.7 Å². The number of nitrogens with zero attached hydrogens (tertiary/aromatic N) is 4. The number of carbonyl (C=O) groups is 1. The van der Waals surface area contributed by atoms with Gasteiger partial charge in [-0.1, -0.05) is 36.7 Å². The van der Waals surface area contributed by atoms with Gasteiger partial charge in [-0.05, 0) is 24.8 Å². The Morgan fingerprint density at radius 3 is 2.81 bits per heavy atom. The van der Waals surface area contributed by atoms with Gasteiger partial charge in [-0.2, -0.15) is 14.8 Å². The molecule has 2 aliphatic heterocycles. The van der Waals surface area contributed by atoms with Crippen LogP contribution in [0.25, 0.3) is 5.82 Å². The maximum absolute atomic E-state index is 11.6. The first kappa shape index (κ1) is 17.9. The molecule has 2 aromatic rings. The summed E-state index contributed by atoms with van der Waals surface area (Å²) in [6.45, 7) is 5.67. The van der Waals surface area contributed by atoms with E-state index in [0.29, 0.717) is 11.6 Å². The largest absolute Gasteiger partial charge is 0.357 e. The number of hydrogen-bond acceptors (Lipinski definition) is 5. The lowest BCUT2D eigenvalue weighted by Gasteiger charge is -2.39. The zero-order valence-corrected chi connectivity index (χ0v) is 16.2. The maximum Gasteiger partial charge on any atom is 0.229 e. The molecule has 142 valence electrons. The third-order valence-corrected chi connectivity index (χ3v) is 5.53. The molecule has 1 aromatic carbocycles. The topological polar surface area (TPSA) is 75.1 Å². The Kier molecular flexibility index (Phi) is 4.55. The minimum Gasteiger partial charge on any atom is -0.357 e. The van der Waals surface area contributed by atoms with E-state index in [0.717, 1.165) is 43.2 Å². The van der Waals surface area contributed by atoms with Gasteiger partial charge < -0.3 is 15.5 Å². The smallest absolute Gasteiger partial charge is 0.229 e. The molecule has 3 heterocycles. The summed E-state index contributed by atoms with van der Waals surface area (Å²) in [6, 6.07) is 7.53. The van der Waals surface area contributed by atoms with E-state index in [1.807, 2.05) is 30.3 Å². The van der Waals surface area contributed by atoms with Crippen LogP contribution in [0.4, 0.5) is 11.6 Å². The van der Waals surface area contributed by atoms with E-state index in [2.05, 4.69) is 32.5 Å². The van der Waals surface area contributed by atoms with Crippen LogP contribution in [0.1, 0.15) is 32.3 Å². The molecule has 27 heavy (non-hydrogen) atoms. The average Bonchev–Trinajstić information content (AvgIpc) is 3.09. The number of amides is 1. The normalized spacial score (nSPS) is 22.6. The van der Waals surface area contributed by atoms with Gasteiger partial charge in [0.2, 0.25) is 11.9 Å². The quantitative estimate of drug-likeness (QED) is 0.625. The van der Waals surface area contributed by atoms with Crippen LogP contribution in [-0.2, 0) is 9.79 Å². The third-order valence-electron chi connectivity index (χ3n) is 5.12. The van der Waals surface area contributed by atoms with E-state index in [4.69, 9.17) is 11.6 Å². The van der Waals surface area contributed by atoms with E-state index in [1.54, 1.807) is 4.68 Å². The SMILES string of the molecule is CC(=O)Nc1ccccc1C1(Cl)C=C(N2CCC(C)CC2)n2ncnc2N1. The van der Waals surface area contributed by atoms with E-state index < -0.39 is 5.00 Å². The highest BCUT2D eigenvalue weighted by atomic mass is 35.5. The van der Waals surface area contributed by atoms with Crippen molar-refractivity contribution >= 4 is 35.0 Å². The number of carbonyl (C=O) groups excluding carboxylic acids is 1. The fourth-order valence-electron chi connectivity index (χ4n) is 3.64. The lowest BCUT2D eigenvalue weighted by molar-refractivity contribution is -0.114. The van der Waals surface area contributed by atoms with Gasteiger partial charge in [-0.25, -0.2) is 0 Å². The fourth-order valence-corrected chi connectivity index (χ4v) is 3.99.